The summed E-state index contributed by atoms with van der Waals surface area (Å²) in [6, 6.07) is 7.76. The van der Waals surface area contributed by atoms with Crippen LogP contribution in [0.3, 0.4) is 0 Å². The molecular weight excluding hydrogens is 229 g/mol. The predicted octanol–water partition coefficient (Wildman–Crippen LogP) is -1.96. The number of hydrogen-bond acceptors (Lipinski definition) is 2. The van der Waals surface area contributed by atoms with Gasteiger partial charge in [0, 0.05) is 36.0 Å². The molecule has 0 N–H and O–H groups in total. The molecule has 0 saturated heterocycles. The van der Waals surface area contributed by atoms with Crippen molar-refractivity contribution in [2.75, 3.05) is 0 Å². The molecule has 0 saturated carbocycles. The second-order valence-corrected chi connectivity index (χ2v) is 3.75. The van der Waals surface area contributed by atoms with Gasteiger partial charge in [0.25, 0.3) is 0 Å². The summed E-state index contributed by atoms with van der Waals surface area (Å²) in [5.41, 5.74) is 1.86. The third-order valence-electron chi connectivity index (χ3n) is 2.75. The first-order valence-electron chi connectivity index (χ1n) is 4.86. The fourth-order valence-corrected chi connectivity index (χ4v) is 1.85. The zero-order valence-electron chi connectivity index (χ0n) is 9.73. The zero-order chi connectivity index (χ0) is 11.0. The Morgan fingerprint density at radius 3 is 2.62 bits per heavy atom. The van der Waals surface area contributed by atoms with Crippen molar-refractivity contribution in [1.29, 1.82) is 0 Å². The van der Waals surface area contributed by atoms with Gasteiger partial charge >= 0.3 is 51.4 Å². The second-order valence-electron chi connectivity index (χ2n) is 3.75. The molecule has 0 radical (unpaired) electrons. The van der Waals surface area contributed by atoms with Gasteiger partial charge in [0.2, 0.25) is 0 Å². The maximum atomic E-state index is 10.8. The van der Waals surface area contributed by atoms with Gasteiger partial charge in [0.15, 0.2) is 0 Å². The quantitative estimate of drug-likeness (QED) is 0.573. The van der Waals surface area contributed by atoms with E-state index >= 15 is 0 Å². The topological polar surface area (TPSA) is 45.1 Å². The average Bonchev–Trinajstić information content (AvgIpc) is 2.56. The average molecular weight is 241 g/mol. The summed E-state index contributed by atoms with van der Waals surface area (Å²) >= 11 is 0. The number of para-hydroxylation sites is 1. The fourth-order valence-electron chi connectivity index (χ4n) is 1.85. The number of aryl methyl sites for hydroxylation is 1. The molecule has 0 bridgehead atoms. The summed E-state index contributed by atoms with van der Waals surface area (Å²) in [5.74, 6) is -1.61. The van der Waals surface area contributed by atoms with Gasteiger partial charge in [-0.05, 0) is 11.6 Å². The Morgan fingerprint density at radius 1 is 1.38 bits per heavy atom. The smallest absolute Gasteiger partial charge is 0.550 e. The SMILES string of the molecule is CC(C(=O)[O-])c1cn(C)c2ccccc12.[K+]. The fraction of sp³-hybridized carbons (Fsp3) is 0.250. The van der Waals surface area contributed by atoms with E-state index in [4.69, 9.17) is 0 Å². The molecule has 1 atom stereocenters. The molecule has 1 aromatic carbocycles. The standard InChI is InChI=1S/C12H13NO2.K/c1-8(12(14)15)10-7-13(2)11-6-4-3-5-9(10)11;/h3-8H,1-2H3,(H,14,15);/q;+1/p-1. The normalized spacial score (nSPS) is 12.1. The third kappa shape index (κ3) is 2.41. The van der Waals surface area contributed by atoms with E-state index in [9.17, 15) is 9.90 Å². The molecule has 1 aromatic heterocycles. The van der Waals surface area contributed by atoms with Gasteiger partial charge in [0.05, 0.1) is 0 Å². The zero-order valence-corrected chi connectivity index (χ0v) is 12.9. The van der Waals surface area contributed by atoms with Gasteiger partial charge in [-0.15, -0.1) is 0 Å². The molecule has 0 spiro atoms. The molecule has 16 heavy (non-hydrogen) atoms. The summed E-state index contributed by atoms with van der Waals surface area (Å²) in [4.78, 5) is 10.8. The van der Waals surface area contributed by atoms with Crippen LogP contribution in [-0.4, -0.2) is 10.5 Å². The number of aliphatic carboxylic acids is 1. The van der Waals surface area contributed by atoms with Crippen LogP contribution < -0.4 is 56.5 Å². The largest absolute Gasteiger partial charge is 1.00 e. The van der Waals surface area contributed by atoms with E-state index in [2.05, 4.69) is 0 Å². The van der Waals surface area contributed by atoms with Crippen molar-refractivity contribution < 1.29 is 61.3 Å². The minimum absolute atomic E-state index is 0. The molecular formula is C12H12KNO2. The van der Waals surface area contributed by atoms with Crippen LogP contribution in [0, 0.1) is 0 Å². The van der Waals surface area contributed by atoms with Crippen molar-refractivity contribution in [3.63, 3.8) is 0 Å². The number of hydrogen-bond donors (Lipinski definition) is 0. The molecule has 2 aromatic rings. The maximum absolute atomic E-state index is 10.8. The van der Waals surface area contributed by atoms with Crippen LogP contribution in [0.2, 0.25) is 0 Å². The molecule has 3 nitrogen and oxygen atoms in total. The van der Waals surface area contributed by atoms with E-state index < -0.39 is 11.9 Å². The van der Waals surface area contributed by atoms with Crippen LogP contribution in [-0.2, 0) is 11.8 Å². The molecule has 0 aliphatic rings. The van der Waals surface area contributed by atoms with Gasteiger partial charge in [0.1, 0.15) is 0 Å². The number of benzene rings is 1. The second kappa shape index (κ2) is 5.47. The minimum atomic E-state index is -1.04. The molecule has 0 aliphatic heterocycles. The first kappa shape index (κ1) is 13.9. The Kier molecular flexibility index (Phi) is 4.76. The first-order chi connectivity index (χ1) is 7.11. The Balaban J connectivity index is 0.00000128. The predicted molar refractivity (Wildman–Crippen MR) is 56.3 cm³/mol. The van der Waals surface area contributed by atoms with Crippen LogP contribution >= 0.6 is 0 Å². The van der Waals surface area contributed by atoms with Crippen LogP contribution in [0.1, 0.15) is 18.4 Å². The van der Waals surface area contributed by atoms with Crippen LogP contribution in [0.4, 0.5) is 0 Å². The number of carbonyl (C=O) groups excluding carboxylic acids is 1. The van der Waals surface area contributed by atoms with Crippen molar-refractivity contribution in [1.82, 2.24) is 4.57 Å². The first-order valence-corrected chi connectivity index (χ1v) is 4.86. The van der Waals surface area contributed by atoms with Crippen LogP contribution in [0.5, 0.6) is 0 Å². The number of carboxylic acid groups (broad SMARTS) is 1. The Hall–Kier alpha value is -0.134. The van der Waals surface area contributed by atoms with Crippen molar-refractivity contribution >= 4 is 16.9 Å². The van der Waals surface area contributed by atoms with Crippen LogP contribution in [0.15, 0.2) is 30.5 Å². The number of carbonyl (C=O) groups is 1. The Bertz CT molecular complexity index is 519. The van der Waals surface area contributed by atoms with Gasteiger partial charge in [-0.25, -0.2) is 0 Å². The number of aromatic nitrogens is 1. The van der Waals surface area contributed by atoms with Crippen molar-refractivity contribution in [2.24, 2.45) is 7.05 Å². The van der Waals surface area contributed by atoms with Crippen molar-refractivity contribution in [3.8, 4) is 0 Å². The van der Waals surface area contributed by atoms with E-state index in [1.807, 2.05) is 42.1 Å². The minimum Gasteiger partial charge on any atom is -0.550 e. The van der Waals surface area contributed by atoms with E-state index in [1.54, 1.807) is 6.92 Å². The molecule has 1 unspecified atom stereocenters. The molecule has 0 aliphatic carbocycles. The maximum Gasteiger partial charge on any atom is 1.00 e. The number of nitrogens with zero attached hydrogens (tertiary/aromatic N) is 1. The molecule has 0 amide bonds. The van der Waals surface area contributed by atoms with Crippen molar-refractivity contribution in [3.05, 3.63) is 36.0 Å². The van der Waals surface area contributed by atoms with Crippen molar-refractivity contribution in [2.45, 2.75) is 12.8 Å². The summed E-state index contributed by atoms with van der Waals surface area (Å²) in [7, 11) is 1.91. The number of rotatable bonds is 2. The van der Waals surface area contributed by atoms with E-state index in [0.29, 0.717) is 0 Å². The molecule has 4 heteroatoms. The molecule has 78 valence electrons. The summed E-state index contributed by atoms with van der Waals surface area (Å²) in [5, 5.41) is 11.8. The summed E-state index contributed by atoms with van der Waals surface area (Å²) in [6.07, 6.45) is 1.85. The monoisotopic (exact) mass is 241 g/mol. The molecule has 1 heterocycles. The van der Waals surface area contributed by atoms with Crippen LogP contribution in [0.25, 0.3) is 10.9 Å². The van der Waals surface area contributed by atoms with E-state index in [-0.39, 0.29) is 51.4 Å². The third-order valence-corrected chi connectivity index (χ3v) is 2.75. The van der Waals surface area contributed by atoms with E-state index in [0.717, 1.165) is 16.5 Å². The summed E-state index contributed by atoms with van der Waals surface area (Å²) in [6.45, 7) is 1.65. The van der Waals surface area contributed by atoms with Gasteiger partial charge in [-0.2, -0.15) is 0 Å². The number of carboxylic acids is 1. The van der Waals surface area contributed by atoms with Gasteiger partial charge in [-0.3, -0.25) is 0 Å². The Labute approximate surface area is 137 Å². The Morgan fingerprint density at radius 2 is 2.00 bits per heavy atom. The van der Waals surface area contributed by atoms with E-state index in [1.165, 1.54) is 0 Å². The van der Waals surface area contributed by atoms with Gasteiger partial charge in [-0.1, -0.05) is 25.1 Å². The summed E-state index contributed by atoms with van der Waals surface area (Å²) < 4.78 is 1.93. The molecule has 0 fully saturated rings. The van der Waals surface area contributed by atoms with Gasteiger partial charge < -0.3 is 14.5 Å². The molecule has 2 rings (SSSR count). The number of fused-ring (bicyclic) bond motifs is 1.